The molecule has 8 heteroatoms. The first-order chi connectivity index (χ1) is 14.3. The lowest BCUT2D eigenvalue weighted by atomic mass is 9.94. The molecule has 1 aromatic carbocycles. The topological polar surface area (TPSA) is 93.7 Å². The molecule has 2 heterocycles. The number of methoxy groups -OCH3 is 2. The molecule has 1 amide bonds. The zero-order valence-corrected chi connectivity index (χ0v) is 17.8. The van der Waals surface area contributed by atoms with E-state index < -0.39 is 23.5 Å². The van der Waals surface area contributed by atoms with Crippen molar-refractivity contribution >= 4 is 11.7 Å². The number of amides is 1. The Hall–Kier alpha value is -3.26. The van der Waals surface area contributed by atoms with E-state index in [0.717, 1.165) is 4.90 Å². The average molecular weight is 415 g/mol. The zero-order chi connectivity index (χ0) is 22.0. The van der Waals surface area contributed by atoms with Crippen LogP contribution in [0.15, 0.2) is 46.1 Å². The highest BCUT2D eigenvalue weighted by Crippen LogP contribution is 2.45. The second-order valence-corrected chi connectivity index (χ2v) is 7.44. The number of nitrogens with one attached hydrogen (secondary N) is 1. The predicted octanol–water partition coefficient (Wildman–Crippen LogP) is 1.33. The number of furan rings is 1. The van der Waals surface area contributed by atoms with Crippen molar-refractivity contribution in [1.29, 1.82) is 0 Å². The first-order valence-electron chi connectivity index (χ1n) is 9.65. The molecule has 0 radical (unpaired) electrons. The summed E-state index contributed by atoms with van der Waals surface area (Å²) < 4.78 is 16.4. The van der Waals surface area contributed by atoms with E-state index in [9.17, 15) is 14.7 Å². The Kier molecular flexibility index (Phi) is 6.17. The fourth-order valence-corrected chi connectivity index (χ4v) is 3.60. The van der Waals surface area contributed by atoms with Crippen LogP contribution in [0.5, 0.6) is 11.5 Å². The van der Waals surface area contributed by atoms with Crippen molar-refractivity contribution in [2.75, 3.05) is 41.4 Å². The lowest BCUT2D eigenvalue weighted by Gasteiger charge is -2.28. The summed E-state index contributed by atoms with van der Waals surface area (Å²) in [4.78, 5) is 28.8. The summed E-state index contributed by atoms with van der Waals surface area (Å²) in [6.07, 6.45) is 0. The van der Waals surface area contributed by atoms with Crippen LogP contribution < -0.4 is 14.4 Å². The molecular formula is C22H27N2O6+. The van der Waals surface area contributed by atoms with Crippen molar-refractivity contribution in [3.05, 3.63) is 58.7 Å². The normalized spacial score (nSPS) is 16.5. The minimum atomic E-state index is -0.834. The third-order valence-corrected chi connectivity index (χ3v) is 5.09. The second-order valence-electron chi connectivity index (χ2n) is 7.44. The Balaban J connectivity index is 2.16. The molecule has 30 heavy (non-hydrogen) atoms. The maximum absolute atomic E-state index is 13.3. The van der Waals surface area contributed by atoms with Crippen LogP contribution in [0.25, 0.3) is 0 Å². The van der Waals surface area contributed by atoms with E-state index in [1.54, 1.807) is 31.2 Å². The Labute approximate surface area is 175 Å². The number of hydrogen-bond acceptors (Lipinski definition) is 6. The van der Waals surface area contributed by atoms with Gasteiger partial charge in [-0.15, -0.1) is 0 Å². The highest BCUT2D eigenvalue weighted by atomic mass is 16.5. The van der Waals surface area contributed by atoms with E-state index >= 15 is 0 Å². The van der Waals surface area contributed by atoms with Crippen LogP contribution in [0.4, 0.5) is 0 Å². The molecule has 0 aliphatic carbocycles. The van der Waals surface area contributed by atoms with Crippen molar-refractivity contribution in [1.82, 2.24) is 4.90 Å². The number of quaternary nitrogens is 1. The number of aliphatic hydroxyl groups excluding tert-OH is 1. The van der Waals surface area contributed by atoms with E-state index in [4.69, 9.17) is 13.9 Å². The smallest absolute Gasteiger partial charge is 0.290 e. The first kappa shape index (κ1) is 21.4. The minimum absolute atomic E-state index is 0.0327. The lowest BCUT2D eigenvalue weighted by Crippen LogP contribution is -3.06. The molecule has 1 atom stereocenters. The van der Waals surface area contributed by atoms with Crippen LogP contribution in [-0.2, 0) is 4.79 Å². The van der Waals surface area contributed by atoms with Gasteiger partial charge in [0.1, 0.15) is 5.76 Å². The van der Waals surface area contributed by atoms with Crippen molar-refractivity contribution in [3.8, 4) is 11.5 Å². The van der Waals surface area contributed by atoms with Gasteiger partial charge in [-0.25, -0.2) is 0 Å². The summed E-state index contributed by atoms with van der Waals surface area (Å²) in [5, 5.41) is 10.7. The summed E-state index contributed by atoms with van der Waals surface area (Å²) in [5.41, 5.74) is 0.518. The van der Waals surface area contributed by atoms with Crippen molar-refractivity contribution < 1.29 is 33.5 Å². The van der Waals surface area contributed by atoms with Crippen LogP contribution in [0.3, 0.4) is 0 Å². The molecule has 3 rings (SSSR count). The number of carbonyl (C=O) groups excluding carboxylic acids is 2. The van der Waals surface area contributed by atoms with Crippen LogP contribution >= 0.6 is 0 Å². The summed E-state index contributed by atoms with van der Waals surface area (Å²) in [6.45, 7) is 2.69. The van der Waals surface area contributed by atoms with Gasteiger partial charge in [0.2, 0.25) is 5.78 Å². The van der Waals surface area contributed by atoms with Gasteiger partial charge in [0.15, 0.2) is 23.0 Å². The van der Waals surface area contributed by atoms with E-state index in [1.165, 1.54) is 25.2 Å². The summed E-state index contributed by atoms with van der Waals surface area (Å²) in [6, 6.07) is 7.61. The Morgan fingerprint density at radius 1 is 1.20 bits per heavy atom. The molecule has 0 saturated carbocycles. The number of benzene rings is 1. The number of ether oxygens (including phenoxy) is 2. The molecule has 2 aromatic rings. The fourth-order valence-electron chi connectivity index (χ4n) is 3.60. The number of carbonyl (C=O) groups is 2. The minimum Gasteiger partial charge on any atom is -0.503 e. The van der Waals surface area contributed by atoms with Crippen molar-refractivity contribution in [3.63, 3.8) is 0 Å². The van der Waals surface area contributed by atoms with E-state index in [2.05, 4.69) is 0 Å². The van der Waals surface area contributed by atoms with Gasteiger partial charge in [-0.3, -0.25) is 9.59 Å². The average Bonchev–Trinajstić information content (AvgIpc) is 3.26. The van der Waals surface area contributed by atoms with Crippen molar-refractivity contribution in [2.45, 2.75) is 13.0 Å². The maximum Gasteiger partial charge on any atom is 0.290 e. The molecule has 1 aliphatic rings. The van der Waals surface area contributed by atoms with Crippen LogP contribution in [0.2, 0.25) is 0 Å². The van der Waals surface area contributed by atoms with Gasteiger partial charge in [-0.05, 0) is 25.1 Å². The Morgan fingerprint density at radius 3 is 2.50 bits per heavy atom. The molecule has 1 aromatic heterocycles. The number of rotatable bonds is 8. The number of nitrogens with zero attached hydrogens (tertiary/aromatic N) is 1. The number of Topliss-reactive ketones (excluding diaryl/α,β-unsaturated/α-hetero) is 1. The molecular weight excluding hydrogens is 388 g/mol. The van der Waals surface area contributed by atoms with Gasteiger partial charge < -0.3 is 28.8 Å². The van der Waals surface area contributed by atoms with Gasteiger partial charge in [0.25, 0.3) is 5.91 Å². The van der Waals surface area contributed by atoms with E-state index in [0.29, 0.717) is 35.9 Å². The molecule has 0 spiro atoms. The van der Waals surface area contributed by atoms with Gasteiger partial charge in [0.05, 0.1) is 53.0 Å². The second kappa shape index (κ2) is 8.62. The number of aliphatic hydroxyl groups is 1. The largest absolute Gasteiger partial charge is 0.503 e. The van der Waals surface area contributed by atoms with Gasteiger partial charge in [-0.1, -0.05) is 12.1 Å². The SMILES string of the molecule is COc1cccc([C@@H]2C(C(=O)c3ccc(C)o3)=C(O)C(=O)N2CC[NH+](C)C)c1OC. The number of ketones is 1. The fraction of sp³-hybridized carbons (Fsp3) is 0.364. The number of likely N-dealkylation sites (N-methyl/N-ethyl adjacent to an activating group) is 1. The molecule has 0 fully saturated rings. The quantitative estimate of drug-likeness (QED) is 0.632. The third kappa shape index (κ3) is 3.78. The first-order valence-corrected chi connectivity index (χ1v) is 9.65. The monoisotopic (exact) mass is 415 g/mol. The molecule has 0 saturated heterocycles. The standard InChI is InChI=1S/C22H26N2O6/c1-13-9-10-15(30-13)19(25)17-18(14-7-6-8-16(28-4)21(14)29-5)24(12-11-23(2)3)22(27)20(17)26/h6-10,18,26H,11-12H2,1-5H3/p+1/t18-/m1/s1. The number of hydrogen-bond donors (Lipinski definition) is 2. The van der Waals surface area contributed by atoms with Gasteiger partial charge >= 0.3 is 0 Å². The van der Waals surface area contributed by atoms with Crippen LogP contribution in [0.1, 0.15) is 27.9 Å². The molecule has 8 nitrogen and oxygen atoms in total. The summed E-state index contributed by atoms with van der Waals surface area (Å²) >= 11 is 0. The van der Waals surface area contributed by atoms with E-state index in [-0.39, 0.29) is 11.3 Å². The third-order valence-electron chi connectivity index (χ3n) is 5.09. The zero-order valence-electron chi connectivity index (χ0n) is 17.8. The van der Waals surface area contributed by atoms with Gasteiger partial charge in [0, 0.05) is 5.56 Å². The van der Waals surface area contributed by atoms with Crippen LogP contribution in [-0.4, -0.2) is 63.1 Å². The number of aryl methyl sites for hydroxylation is 1. The number of para-hydroxylation sites is 1. The summed E-state index contributed by atoms with van der Waals surface area (Å²) in [5.74, 6) is -0.220. The molecule has 0 bridgehead atoms. The highest BCUT2D eigenvalue weighted by molar-refractivity contribution is 6.15. The molecule has 1 aliphatic heterocycles. The lowest BCUT2D eigenvalue weighted by molar-refractivity contribution is -0.857. The molecule has 2 N–H and O–H groups in total. The van der Waals surface area contributed by atoms with Gasteiger partial charge in [-0.2, -0.15) is 0 Å². The highest BCUT2D eigenvalue weighted by Gasteiger charge is 2.46. The van der Waals surface area contributed by atoms with Crippen molar-refractivity contribution in [2.24, 2.45) is 0 Å². The molecule has 160 valence electrons. The molecule has 0 unspecified atom stereocenters. The Bertz CT molecular complexity index is 991. The van der Waals surface area contributed by atoms with E-state index in [1.807, 2.05) is 14.1 Å². The van der Waals surface area contributed by atoms with Crippen LogP contribution in [0, 0.1) is 6.92 Å². The Morgan fingerprint density at radius 2 is 1.93 bits per heavy atom. The maximum atomic E-state index is 13.3. The summed E-state index contributed by atoms with van der Waals surface area (Å²) in [7, 11) is 6.94. The predicted molar refractivity (Wildman–Crippen MR) is 109 cm³/mol.